The molecular formula is C13H28N2O. The molecule has 1 N–H and O–H groups in total. The zero-order chi connectivity index (χ0) is 11.6. The Bertz CT molecular complexity index is 156. The maximum Gasteiger partial charge on any atom is 0.0462 e. The molecule has 96 valence electrons. The minimum Gasteiger partial charge on any atom is -0.385 e. The van der Waals surface area contributed by atoms with Crippen molar-refractivity contribution in [2.24, 2.45) is 5.92 Å². The Hall–Kier alpha value is -0.120. The molecule has 1 heterocycles. The van der Waals surface area contributed by atoms with E-state index in [4.69, 9.17) is 4.74 Å². The Morgan fingerprint density at radius 3 is 2.62 bits per heavy atom. The summed E-state index contributed by atoms with van der Waals surface area (Å²) in [7, 11) is 1.77. The van der Waals surface area contributed by atoms with Crippen molar-refractivity contribution < 1.29 is 4.74 Å². The lowest BCUT2D eigenvalue weighted by Crippen LogP contribution is -2.37. The number of unbranched alkanes of at least 4 members (excludes halogenated alkanes) is 1. The van der Waals surface area contributed by atoms with Crippen LogP contribution in [-0.4, -0.2) is 51.3 Å². The molecule has 3 nitrogen and oxygen atoms in total. The van der Waals surface area contributed by atoms with Crippen LogP contribution < -0.4 is 5.32 Å². The van der Waals surface area contributed by atoms with Gasteiger partial charge in [-0.05, 0) is 64.3 Å². The van der Waals surface area contributed by atoms with E-state index < -0.39 is 0 Å². The minimum absolute atomic E-state index is 0.899. The van der Waals surface area contributed by atoms with E-state index in [0.29, 0.717) is 0 Å². The van der Waals surface area contributed by atoms with Crippen LogP contribution in [0.15, 0.2) is 0 Å². The van der Waals surface area contributed by atoms with E-state index in [0.717, 1.165) is 19.1 Å². The summed E-state index contributed by atoms with van der Waals surface area (Å²) in [6.45, 7) is 9.34. The Kier molecular flexibility index (Phi) is 7.81. The Balaban J connectivity index is 1.90. The van der Waals surface area contributed by atoms with Gasteiger partial charge in [-0.3, -0.25) is 0 Å². The van der Waals surface area contributed by atoms with Crippen molar-refractivity contribution in [2.45, 2.75) is 32.6 Å². The lowest BCUT2D eigenvalue weighted by atomic mass is 9.97. The van der Waals surface area contributed by atoms with Crippen molar-refractivity contribution in [3.63, 3.8) is 0 Å². The normalized spacial score (nSPS) is 19.1. The molecule has 16 heavy (non-hydrogen) atoms. The molecule has 0 aromatic heterocycles. The number of nitrogens with one attached hydrogen (secondary N) is 1. The van der Waals surface area contributed by atoms with Gasteiger partial charge in [-0.2, -0.15) is 0 Å². The highest BCUT2D eigenvalue weighted by atomic mass is 16.5. The van der Waals surface area contributed by atoms with Gasteiger partial charge in [0.2, 0.25) is 0 Å². The first kappa shape index (κ1) is 13.9. The average Bonchev–Trinajstić information content (AvgIpc) is 2.34. The second-order valence-electron chi connectivity index (χ2n) is 4.78. The third kappa shape index (κ3) is 5.83. The Morgan fingerprint density at radius 1 is 1.25 bits per heavy atom. The number of ether oxygens (including phenoxy) is 1. The quantitative estimate of drug-likeness (QED) is 0.640. The number of nitrogens with zero attached hydrogens (tertiary/aromatic N) is 1. The van der Waals surface area contributed by atoms with E-state index in [1.165, 1.54) is 51.9 Å². The first-order valence-corrected chi connectivity index (χ1v) is 6.78. The number of methoxy groups -OCH3 is 1. The Labute approximate surface area is 101 Å². The molecule has 0 saturated carbocycles. The van der Waals surface area contributed by atoms with Gasteiger partial charge in [0.25, 0.3) is 0 Å². The average molecular weight is 228 g/mol. The van der Waals surface area contributed by atoms with Crippen molar-refractivity contribution in [1.29, 1.82) is 0 Å². The van der Waals surface area contributed by atoms with E-state index in [1.54, 1.807) is 7.11 Å². The van der Waals surface area contributed by atoms with Crippen LogP contribution in [0.25, 0.3) is 0 Å². The smallest absolute Gasteiger partial charge is 0.0462 e. The fraction of sp³-hybridized carbons (Fsp3) is 1.00. The molecule has 1 fully saturated rings. The van der Waals surface area contributed by atoms with Gasteiger partial charge < -0.3 is 15.0 Å². The van der Waals surface area contributed by atoms with E-state index in [1.807, 2.05) is 0 Å². The molecule has 1 saturated heterocycles. The van der Waals surface area contributed by atoms with Crippen LogP contribution in [-0.2, 0) is 4.74 Å². The number of hydrogen-bond donors (Lipinski definition) is 1. The number of rotatable bonds is 8. The molecule has 0 amide bonds. The monoisotopic (exact) mass is 228 g/mol. The van der Waals surface area contributed by atoms with Crippen LogP contribution in [0, 0.1) is 5.92 Å². The van der Waals surface area contributed by atoms with Gasteiger partial charge in [0, 0.05) is 13.7 Å². The van der Waals surface area contributed by atoms with Crippen molar-refractivity contribution in [1.82, 2.24) is 10.2 Å². The molecule has 1 aliphatic rings. The first-order valence-electron chi connectivity index (χ1n) is 6.78. The lowest BCUT2D eigenvalue weighted by Gasteiger charge is -2.31. The second kappa shape index (κ2) is 8.97. The Morgan fingerprint density at radius 2 is 2.00 bits per heavy atom. The minimum atomic E-state index is 0.899. The fourth-order valence-electron chi connectivity index (χ4n) is 2.31. The summed E-state index contributed by atoms with van der Waals surface area (Å²) in [5.74, 6) is 0.908. The summed E-state index contributed by atoms with van der Waals surface area (Å²) in [4.78, 5) is 2.55. The molecule has 1 rings (SSSR count). The summed E-state index contributed by atoms with van der Waals surface area (Å²) in [6, 6.07) is 0. The number of likely N-dealkylation sites (tertiary alicyclic amines) is 1. The van der Waals surface area contributed by atoms with Crippen molar-refractivity contribution >= 4 is 0 Å². The molecule has 1 aliphatic heterocycles. The van der Waals surface area contributed by atoms with E-state index in [9.17, 15) is 0 Å². The summed E-state index contributed by atoms with van der Waals surface area (Å²) in [6.07, 6.45) is 5.16. The molecule has 3 heteroatoms. The highest BCUT2D eigenvalue weighted by Crippen LogP contribution is 2.15. The molecule has 0 aliphatic carbocycles. The molecule has 0 radical (unpaired) electrons. The van der Waals surface area contributed by atoms with Crippen molar-refractivity contribution in [3.05, 3.63) is 0 Å². The van der Waals surface area contributed by atoms with E-state index in [2.05, 4.69) is 17.1 Å². The molecular weight excluding hydrogens is 200 g/mol. The maximum atomic E-state index is 5.03. The summed E-state index contributed by atoms with van der Waals surface area (Å²) >= 11 is 0. The maximum absolute atomic E-state index is 5.03. The van der Waals surface area contributed by atoms with Gasteiger partial charge in [0.15, 0.2) is 0 Å². The van der Waals surface area contributed by atoms with Crippen LogP contribution in [0.5, 0.6) is 0 Å². The van der Waals surface area contributed by atoms with Crippen LogP contribution >= 0.6 is 0 Å². The topological polar surface area (TPSA) is 24.5 Å². The molecule has 0 unspecified atom stereocenters. The first-order chi connectivity index (χ1) is 7.86. The predicted molar refractivity (Wildman–Crippen MR) is 68.8 cm³/mol. The fourth-order valence-corrected chi connectivity index (χ4v) is 2.31. The van der Waals surface area contributed by atoms with Crippen LogP contribution in [0.3, 0.4) is 0 Å². The van der Waals surface area contributed by atoms with Crippen molar-refractivity contribution in [3.8, 4) is 0 Å². The van der Waals surface area contributed by atoms with E-state index >= 15 is 0 Å². The third-order valence-electron chi connectivity index (χ3n) is 3.54. The van der Waals surface area contributed by atoms with Gasteiger partial charge in [-0.25, -0.2) is 0 Å². The van der Waals surface area contributed by atoms with Crippen LogP contribution in [0.2, 0.25) is 0 Å². The number of hydrogen-bond acceptors (Lipinski definition) is 3. The van der Waals surface area contributed by atoms with Crippen molar-refractivity contribution in [2.75, 3.05) is 46.4 Å². The van der Waals surface area contributed by atoms with Crippen LogP contribution in [0.4, 0.5) is 0 Å². The van der Waals surface area contributed by atoms with Gasteiger partial charge in [0.1, 0.15) is 0 Å². The second-order valence-corrected chi connectivity index (χ2v) is 4.78. The zero-order valence-corrected chi connectivity index (χ0v) is 11.0. The van der Waals surface area contributed by atoms with Gasteiger partial charge in [-0.1, -0.05) is 6.92 Å². The largest absolute Gasteiger partial charge is 0.385 e. The van der Waals surface area contributed by atoms with Gasteiger partial charge >= 0.3 is 0 Å². The molecule has 0 atom stereocenters. The van der Waals surface area contributed by atoms with E-state index in [-0.39, 0.29) is 0 Å². The lowest BCUT2D eigenvalue weighted by molar-refractivity contribution is 0.186. The summed E-state index contributed by atoms with van der Waals surface area (Å²) in [5, 5.41) is 3.57. The van der Waals surface area contributed by atoms with Crippen LogP contribution in [0.1, 0.15) is 32.6 Å². The van der Waals surface area contributed by atoms with Gasteiger partial charge in [-0.15, -0.1) is 0 Å². The number of piperidine rings is 1. The molecule has 0 bridgehead atoms. The summed E-state index contributed by atoms with van der Waals surface area (Å²) in [5.41, 5.74) is 0. The predicted octanol–water partition coefficient (Wildman–Crippen LogP) is 1.73. The standard InChI is InChI=1S/C13H28N2O/c1-3-15-9-6-13(7-10-15)12-14-8-4-5-11-16-2/h13-14H,3-12H2,1-2H3. The summed E-state index contributed by atoms with van der Waals surface area (Å²) < 4.78 is 5.03. The molecule has 0 spiro atoms. The molecule has 0 aromatic rings. The highest BCUT2D eigenvalue weighted by molar-refractivity contribution is 4.72. The zero-order valence-electron chi connectivity index (χ0n) is 11.0. The van der Waals surface area contributed by atoms with Gasteiger partial charge in [0.05, 0.1) is 0 Å². The SMILES string of the molecule is CCN1CCC(CNCCCCOC)CC1. The third-order valence-corrected chi connectivity index (χ3v) is 3.54. The highest BCUT2D eigenvalue weighted by Gasteiger charge is 2.17. The molecule has 0 aromatic carbocycles.